The first-order valence-electron chi connectivity index (χ1n) is 8.21. The number of likely N-dealkylation sites (tertiary alicyclic amines) is 1. The number of hydrogen-bond acceptors (Lipinski definition) is 6. The lowest BCUT2D eigenvalue weighted by molar-refractivity contribution is -0.384. The van der Waals surface area contributed by atoms with Gasteiger partial charge in [0.25, 0.3) is 11.6 Å². The van der Waals surface area contributed by atoms with E-state index >= 15 is 0 Å². The molecule has 2 N–H and O–H groups in total. The van der Waals surface area contributed by atoms with Gasteiger partial charge in [0.15, 0.2) is 0 Å². The summed E-state index contributed by atoms with van der Waals surface area (Å²) >= 11 is 1.36. The number of hydrogen-bond donors (Lipinski definition) is 1. The molecule has 0 spiro atoms. The smallest absolute Gasteiger partial charge is 0.273 e. The van der Waals surface area contributed by atoms with Gasteiger partial charge >= 0.3 is 0 Å². The second kappa shape index (κ2) is 8.57. The molecular formula is C17H21ClN4O3S. The lowest BCUT2D eigenvalue weighted by Crippen LogP contribution is -2.49. The molecule has 2 unspecified atom stereocenters. The minimum Gasteiger partial charge on any atom is -0.333 e. The summed E-state index contributed by atoms with van der Waals surface area (Å²) in [6, 6.07) is 6.23. The highest BCUT2D eigenvalue weighted by Crippen LogP contribution is 2.28. The highest BCUT2D eigenvalue weighted by Gasteiger charge is 2.30. The molecule has 9 heteroatoms. The summed E-state index contributed by atoms with van der Waals surface area (Å²) in [5.41, 5.74) is 7.04. The monoisotopic (exact) mass is 396 g/mol. The summed E-state index contributed by atoms with van der Waals surface area (Å²) in [4.78, 5) is 29.3. The second-order valence-corrected chi connectivity index (χ2v) is 7.22. The van der Waals surface area contributed by atoms with Crippen LogP contribution < -0.4 is 5.73 Å². The molecule has 3 rings (SSSR count). The lowest BCUT2D eigenvalue weighted by atomic mass is 9.92. The van der Waals surface area contributed by atoms with Crippen molar-refractivity contribution in [2.75, 3.05) is 13.1 Å². The number of nitrogens with two attached hydrogens (primary N) is 1. The Balaban J connectivity index is 0.00000243. The fourth-order valence-corrected chi connectivity index (χ4v) is 3.92. The zero-order chi connectivity index (χ0) is 18.0. The third-order valence-corrected chi connectivity index (χ3v) is 5.45. The fraction of sp³-hybridized carbons (Fsp3) is 0.412. The summed E-state index contributed by atoms with van der Waals surface area (Å²) in [5, 5.41) is 13.1. The van der Waals surface area contributed by atoms with E-state index < -0.39 is 4.92 Å². The Morgan fingerprint density at radius 3 is 2.73 bits per heavy atom. The molecule has 1 saturated heterocycles. The minimum atomic E-state index is -0.440. The molecular weight excluding hydrogens is 376 g/mol. The Labute approximate surface area is 161 Å². The van der Waals surface area contributed by atoms with Gasteiger partial charge in [-0.05, 0) is 30.9 Å². The lowest BCUT2D eigenvalue weighted by Gasteiger charge is -2.37. The van der Waals surface area contributed by atoms with E-state index in [0.29, 0.717) is 29.7 Å². The van der Waals surface area contributed by atoms with E-state index in [2.05, 4.69) is 11.9 Å². The molecule has 0 bridgehead atoms. The Hall–Kier alpha value is -2.03. The van der Waals surface area contributed by atoms with Crippen molar-refractivity contribution in [1.82, 2.24) is 9.88 Å². The third kappa shape index (κ3) is 4.20. The maximum absolute atomic E-state index is 12.8. The molecule has 0 saturated carbocycles. The van der Waals surface area contributed by atoms with Crippen LogP contribution in [0, 0.1) is 16.0 Å². The first-order chi connectivity index (χ1) is 12.0. The Morgan fingerprint density at radius 1 is 1.42 bits per heavy atom. The molecule has 1 aromatic heterocycles. The number of nitro groups is 1. The van der Waals surface area contributed by atoms with Crippen molar-refractivity contribution in [3.63, 3.8) is 0 Å². The van der Waals surface area contributed by atoms with E-state index in [4.69, 9.17) is 5.73 Å². The van der Waals surface area contributed by atoms with Crippen LogP contribution in [0.2, 0.25) is 0 Å². The first-order valence-corrected chi connectivity index (χ1v) is 9.09. The maximum atomic E-state index is 12.8. The summed E-state index contributed by atoms with van der Waals surface area (Å²) in [7, 11) is 0. The van der Waals surface area contributed by atoms with E-state index in [1.165, 1.54) is 23.5 Å². The van der Waals surface area contributed by atoms with Crippen molar-refractivity contribution in [3.8, 4) is 10.6 Å². The number of amides is 1. The molecule has 7 nitrogen and oxygen atoms in total. The van der Waals surface area contributed by atoms with Gasteiger partial charge in [0, 0.05) is 42.2 Å². The van der Waals surface area contributed by atoms with Crippen molar-refractivity contribution >= 4 is 35.3 Å². The number of carbonyl (C=O) groups excluding carboxylic acids is 1. The average molecular weight is 397 g/mol. The summed E-state index contributed by atoms with van der Waals surface area (Å²) in [6.45, 7) is 3.34. The quantitative estimate of drug-likeness (QED) is 0.630. The molecule has 26 heavy (non-hydrogen) atoms. The fourth-order valence-electron chi connectivity index (χ4n) is 3.12. The zero-order valence-electron chi connectivity index (χ0n) is 14.3. The number of carbonyl (C=O) groups is 1. The molecule has 1 fully saturated rings. The zero-order valence-corrected chi connectivity index (χ0v) is 16.0. The Bertz CT molecular complexity index is 781. The Morgan fingerprint density at radius 2 is 2.12 bits per heavy atom. The van der Waals surface area contributed by atoms with Crippen LogP contribution in [0.3, 0.4) is 0 Å². The van der Waals surface area contributed by atoms with Crippen LogP contribution in [0.5, 0.6) is 0 Å². The predicted molar refractivity (Wildman–Crippen MR) is 104 cm³/mol. The van der Waals surface area contributed by atoms with Gasteiger partial charge in [-0.2, -0.15) is 0 Å². The first kappa shape index (κ1) is 20.3. The number of benzene rings is 1. The van der Waals surface area contributed by atoms with Gasteiger partial charge in [0.05, 0.1) is 4.92 Å². The Kier molecular flexibility index (Phi) is 6.69. The number of rotatable bonds is 4. The molecule has 1 amide bonds. The second-order valence-electron chi connectivity index (χ2n) is 6.36. The highest BCUT2D eigenvalue weighted by molar-refractivity contribution is 7.13. The summed E-state index contributed by atoms with van der Waals surface area (Å²) in [6.07, 6.45) is 1.89. The molecule has 1 aliphatic heterocycles. The normalized spacial score (nSPS) is 19.7. The van der Waals surface area contributed by atoms with Crippen LogP contribution in [-0.4, -0.2) is 39.8 Å². The molecule has 2 aromatic rings. The summed E-state index contributed by atoms with van der Waals surface area (Å²) < 4.78 is 0. The van der Waals surface area contributed by atoms with Crippen molar-refractivity contribution in [2.45, 2.75) is 25.8 Å². The largest absolute Gasteiger partial charge is 0.333 e. The molecule has 0 radical (unpaired) electrons. The van der Waals surface area contributed by atoms with Crippen LogP contribution in [-0.2, 0) is 0 Å². The van der Waals surface area contributed by atoms with Crippen LogP contribution in [0.4, 0.5) is 5.69 Å². The third-order valence-electron chi connectivity index (χ3n) is 4.56. The molecule has 2 atom stereocenters. The average Bonchev–Trinajstić information content (AvgIpc) is 3.11. The van der Waals surface area contributed by atoms with E-state index in [1.54, 1.807) is 17.5 Å². The van der Waals surface area contributed by atoms with E-state index in [1.807, 2.05) is 4.90 Å². The van der Waals surface area contributed by atoms with Crippen LogP contribution in [0.1, 0.15) is 30.3 Å². The van der Waals surface area contributed by atoms with Gasteiger partial charge in [-0.1, -0.05) is 6.92 Å². The topological polar surface area (TPSA) is 102 Å². The molecule has 2 heterocycles. The number of aromatic nitrogens is 1. The van der Waals surface area contributed by atoms with E-state index in [9.17, 15) is 14.9 Å². The minimum absolute atomic E-state index is 0. The van der Waals surface area contributed by atoms with Gasteiger partial charge in [0.1, 0.15) is 10.7 Å². The van der Waals surface area contributed by atoms with Crippen molar-refractivity contribution < 1.29 is 9.72 Å². The predicted octanol–water partition coefficient (Wildman–Crippen LogP) is 3.34. The molecule has 140 valence electrons. The standard InChI is InChI=1S/C17H20N4O3S.ClH/c1-11-6-7-20(14(8-11)9-18)17(22)15-10-25-16(19-15)12-2-4-13(5-3-12)21(23)24;/h2-5,10-11,14H,6-9,18H2,1H3;1H. The van der Waals surface area contributed by atoms with Gasteiger partial charge in [0.2, 0.25) is 0 Å². The van der Waals surface area contributed by atoms with Crippen molar-refractivity contribution in [1.29, 1.82) is 0 Å². The highest BCUT2D eigenvalue weighted by atomic mass is 35.5. The number of nitrogens with zero attached hydrogens (tertiary/aromatic N) is 3. The number of nitro benzene ring substituents is 1. The van der Waals surface area contributed by atoms with Crippen LogP contribution in [0.25, 0.3) is 10.6 Å². The maximum Gasteiger partial charge on any atom is 0.273 e. The van der Waals surface area contributed by atoms with Crippen LogP contribution in [0.15, 0.2) is 29.6 Å². The number of halogens is 1. The summed E-state index contributed by atoms with van der Waals surface area (Å²) in [5.74, 6) is 0.482. The number of non-ortho nitro benzene ring substituents is 1. The SMILES string of the molecule is CC1CCN(C(=O)c2csc(-c3ccc([N+](=O)[O-])cc3)n2)C(CN)C1.Cl. The van der Waals surface area contributed by atoms with Gasteiger partial charge in [-0.3, -0.25) is 14.9 Å². The molecule has 1 aromatic carbocycles. The van der Waals surface area contributed by atoms with Crippen molar-refractivity contribution in [3.05, 3.63) is 45.5 Å². The van der Waals surface area contributed by atoms with Crippen LogP contribution >= 0.6 is 23.7 Å². The van der Waals surface area contributed by atoms with Crippen molar-refractivity contribution in [2.24, 2.45) is 11.7 Å². The number of thiazole rings is 1. The van der Waals surface area contributed by atoms with Gasteiger partial charge < -0.3 is 10.6 Å². The van der Waals surface area contributed by atoms with Gasteiger partial charge in [-0.25, -0.2) is 4.98 Å². The number of piperidine rings is 1. The van der Waals surface area contributed by atoms with Gasteiger partial charge in [-0.15, -0.1) is 23.7 Å². The molecule has 0 aliphatic carbocycles. The molecule has 1 aliphatic rings. The van der Waals surface area contributed by atoms with E-state index in [-0.39, 0.29) is 30.0 Å². The van der Waals surface area contributed by atoms with E-state index in [0.717, 1.165) is 18.4 Å².